The molecule has 0 fully saturated rings. The Kier molecular flexibility index (Phi) is 7.06. The number of rotatable bonds is 9. The molecule has 7 heteroatoms. The van der Waals surface area contributed by atoms with Crippen LogP contribution in [-0.4, -0.2) is 26.1 Å². The number of aliphatic carboxylic acids is 1. The van der Waals surface area contributed by atoms with Gasteiger partial charge in [0.1, 0.15) is 5.75 Å². The summed E-state index contributed by atoms with van der Waals surface area (Å²) in [5, 5.41) is 11.7. The van der Waals surface area contributed by atoms with Crippen LogP contribution in [0, 0.1) is 0 Å². The molecule has 0 aromatic heterocycles. The van der Waals surface area contributed by atoms with Gasteiger partial charge in [-0.3, -0.25) is 0 Å². The van der Waals surface area contributed by atoms with Gasteiger partial charge in [-0.1, -0.05) is 84.9 Å². The molecule has 0 spiro atoms. The first-order valence-corrected chi connectivity index (χ1v) is 12.1. The van der Waals surface area contributed by atoms with E-state index in [2.05, 4.69) is 4.72 Å². The minimum atomic E-state index is -3.76. The van der Waals surface area contributed by atoms with Crippen molar-refractivity contribution in [2.45, 2.75) is 6.54 Å². The second kappa shape index (κ2) is 10.3. The van der Waals surface area contributed by atoms with Crippen molar-refractivity contribution >= 4 is 32.3 Å². The van der Waals surface area contributed by atoms with Crippen LogP contribution >= 0.6 is 0 Å². The second-order valence-corrected chi connectivity index (χ2v) is 9.24. The van der Waals surface area contributed by atoms with Gasteiger partial charge in [0.25, 0.3) is 0 Å². The number of carboxylic acids is 1. The van der Waals surface area contributed by atoms with Crippen molar-refractivity contribution in [2.24, 2.45) is 0 Å². The molecule has 0 aliphatic rings. The second-order valence-electron chi connectivity index (χ2n) is 7.62. The molecule has 4 aromatic rings. The number of sulfonamides is 1. The van der Waals surface area contributed by atoms with E-state index in [0.717, 1.165) is 27.5 Å². The van der Waals surface area contributed by atoms with E-state index < -0.39 is 22.6 Å². The standard InChI is InChI=1S/C27H23NO5S/c29-27(30)18-33-26-13-7-12-23-16-20(14-15-24(23)26)17-28-34(31,32)19-25(21-8-3-1-4-9-21)22-10-5-2-6-11-22/h1-16,19,28H,17-18H2,(H,29,30). The van der Waals surface area contributed by atoms with E-state index in [-0.39, 0.29) is 6.54 Å². The average molecular weight is 474 g/mol. The summed E-state index contributed by atoms with van der Waals surface area (Å²) in [5.41, 5.74) is 2.98. The summed E-state index contributed by atoms with van der Waals surface area (Å²) < 4.78 is 33.9. The first kappa shape index (κ1) is 23.2. The van der Waals surface area contributed by atoms with Crippen LogP contribution in [0.5, 0.6) is 5.75 Å². The fourth-order valence-corrected chi connectivity index (χ4v) is 4.63. The van der Waals surface area contributed by atoms with Crippen LogP contribution in [0.25, 0.3) is 16.3 Å². The number of fused-ring (bicyclic) bond motifs is 1. The molecule has 0 atom stereocenters. The quantitative estimate of drug-likeness (QED) is 0.364. The van der Waals surface area contributed by atoms with Crippen LogP contribution in [0.1, 0.15) is 16.7 Å². The van der Waals surface area contributed by atoms with E-state index in [1.807, 2.05) is 72.8 Å². The van der Waals surface area contributed by atoms with Crippen LogP contribution in [-0.2, 0) is 21.4 Å². The summed E-state index contributed by atoms with van der Waals surface area (Å²) >= 11 is 0. The SMILES string of the molecule is O=C(O)COc1cccc2cc(CNS(=O)(=O)C=C(c3ccccc3)c3ccccc3)ccc12. The summed E-state index contributed by atoms with van der Waals surface area (Å²) in [6.07, 6.45) is 0. The summed E-state index contributed by atoms with van der Waals surface area (Å²) in [6, 6.07) is 29.5. The number of ether oxygens (including phenoxy) is 1. The molecule has 34 heavy (non-hydrogen) atoms. The number of hydrogen-bond acceptors (Lipinski definition) is 4. The summed E-state index contributed by atoms with van der Waals surface area (Å²) in [7, 11) is -3.76. The third-order valence-corrected chi connectivity index (χ3v) is 6.27. The Morgan fingerprint density at radius 3 is 2.12 bits per heavy atom. The third kappa shape index (κ3) is 5.89. The maximum Gasteiger partial charge on any atom is 0.341 e. The lowest BCUT2D eigenvalue weighted by Crippen LogP contribution is -2.21. The molecule has 0 saturated carbocycles. The molecule has 0 amide bonds. The molecule has 4 aromatic carbocycles. The molecule has 0 unspecified atom stereocenters. The molecule has 2 N–H and O–H groups in total. The van der Waals surface area contributed by atoms with Gasteiger partial charge in [-0.25, -0.2) is 17.9 Å². The van der Waals surface area contributed by atoms with Crippen molar-refractivity contribution in [2.75, 3.05) is 6.61 Å². The van der Waals surface area contributed by atoms with Gasteiger partial charge in [0.2, 0.25) is 10.0 Å². The Labute approximate surface area is 198 Å². The Hall–Kier alpha value is -3.94. The molecular weight excluding hydrogens is 450 g/mol. The van der Waals surface area contributed by atoms with Crippen LogP contribution in [0.2, 0.25) is 0 Å². The smallest absolute Gasteiger partial charge is 0.341 e. The zero-order chi connectivity index (χ0) is 24.0. The number of carbonyl (C=O) groups is 1. The maximum absolute atomic E-state index is 13.0. The van der Waals surface area contributed by atoms with Gasteiger partial charge in [-0.05, 0) is 34.2 Å². The monoisotopic (exact) mass is 473 g/mol. The molecule has 0 bridgehead atoms. The third-order valence-electron chi connectivity index (χ3n) is 5.18. The predicted molar refractivity (Wildman–Crippen MR) is 133 cm³/mol. The largest absolute Gasteiger partial charge is 0.481 e. The fraction of sp³-hybridized carbons (Fsp3) is 0.0741. The molecule has 172 valence electrons. The van der Waals surface area contributed by atoms with Gasteiger partial charge in [-0.2, -0.15) is 0 Å². The Bertz CT molecular complexity index is 1390. The highest BCUT2D eigenvalue weighted by molar-refractivity contribution is 7.92. The number of hydrogen-bond donors (Lipinski definition) is 2. The van der Waals surface area contributed by atoms with Crippen molar-refractivity contribution < 1.29 is 23.1 Å². The van der Waals surface area contributed by atoms with E-state index in [1.54, 1.807) is 24.3 Å². The van der Waals surface area contributed by atoms with Gasteiger partial charge in [0.05, 0.1) is 5.41 Å². The molecular formula is C27H23NO5S. The first-order valence-electron chi connectivity index (χ1n) is 10.6. The fourth-order valence-electron chi connectivity index (χ4n) is 3.60. The van der Waals surface area contributed by atoms with E-state index in [4.69, 9.17) is 9.84 Å². The molecule has 0 saturated heterocycles. The highest BCUT2D eigenvalue weighted by atomic mass is 32.2. The van der Waals surface area contributed by atoms with E-state index in [9.17, 15) is 13.2 Å². The lowest BCUT2D eigenvalue weighted by molar-refractivity contribution is -0.139. The average Bonchev–Trinajstić information content (AvgIpc) is 2.85. The highest BCUT2D eigenvalue weighted by Gasteiger charge is 2.13. The minimum Gasteiger partial charge on any atom is -0.481 e. The number of nitrogens with one attached hydrogen (secondary N) is 1. The van der Waals surface area contributed by atoms with Crippen molar-refractivity contribution in [1.29, 1.82) is 0 Å². The van der Waals surface area contributed by atoms with E-state index in [0.29, 0.717) is 11.3 Å². The van der Waals surface area contributed by atoms with E-state index in [1.165, 1.54) is 5.41 Å². The molecule has 0 radical (unpaired) electrons. The lowest BCUT2D eigenvalue weighted by atomic mass is 10.00. The minimum absolute atomic E-state index is 0.103. The van der Waals surface area contributed by atoms with Gasteiger partial charge < -0.3 is 9.84 Å². The zero-order valence-corrected chi connectivity index (χ0v) is 19.0. The van der Waals surface area contributed by atoms with Crippen LogP contribution in [0.4, 0.5) is 0 Å². The summed E-state index contributed by atoms with van der Waals surface area (Å²) in [4.78, 5) is 10.8. The van der Waals surface area contributed by atoms with Gasteiger partial charge in [0, 0.05) is 17.5 Å². The predicted octanol–water partition coefficient (Wildman–Crippen LogP) is 4.81. The Morgan fingerprint density at radius 1 is 0.853 bits per heavy atom. The molecule has 0 aliphatic carbocycles. The maximum atomic E-state index is 13.0. The van der Waals surface area contributed by atoms with Gasteiger partial charge in [0.15, 0.2) is 6.61 Å². The van der Waals surface area contributed by atoms with E-state index >= 15 is 0 Å². The molecule has 4 rings (SSSR count). The summed E-state index contributed by atoms with van der Waals surface area (Å²) in [6.45, 7) is -0.329. The van der Waals surface area contributed by atoms with Crippen LogP contribution in [0.3, 0.4) is 0 Å². The number of benzene rings is 4. The van der Waals surface area contributed by atoms with Gasteiger partial charge in [-0.15, -0.1) is 0 Å². The molecule has 0 aliphatic heterocycles. The zero-order valence-electron chi connectivity index (χ0n) is 18.2. The van der Waals surface area contributed by atoms with Crippen molar-refractivity contribution in [1.82, 2.24) is 4.72 Å². The van der Waals surface area contributed by atoms with Crippen LogP contribution in [0.15, 0.2) is 102 Å². The highest BCUT2D eigenvalue weighted by Crippen LogP contribution is 2.27. The van der Waals surface area contributed by atoms with Gasteiger partial charge >= 0.3 is 5.97 Å². The number of carboxylic acid groups (broad SMARTS) is 1. The van der Waals surface area contributed by atoms with Crippen molar-refractivity contribution in [3.8, 4) is 5.75 Å². The molecule has 6 nitrogen and oxygen atoms in total. The Morgan fingerprint density at radius 2 is 1.50 bits per heavy atom. The molecule has 0 heterocycles. The van der Waals surface area contributed by atoms with Crippen molar-refractivity contribution in [3.05, 3.63) is 119 Å². The topological polar surface area (TPSA) is 92.7 Å². The lowest BCUT2D eigenvalue weighted by Gasteiger charge is -2.11. The van der Waals surface area contributed by atoms with Crippen molar-refractivity contribution in [3.63, 3.8) is 0 Å². The first-order chi connectivity index (χ1) is 16.4. The normalized spacial score (nSPS) is 11.2. The Balaban J connectivity index is 1.57. The summed E-state index contributed by atoms with van der Waals surface area (Å²) in [5.74, 6) is -0.591. The van der Waals surface area contributed by atoms with Crippen LogP contribution < -0.4 is 9.46 Å².